The van der Waals surface area contributed by atoms with Gasteiger partial charge < -0.3 is 11.5 Å². The highest BCUT2D eigenvalue weighted by Gasteiger charge is 2.20. The van der Waals surface area contributed by atoms with Gasteiger partial charge in [-0.2, -0.15) is 0 Å². The van der Waals surface area contributed by atoms with Crippen molar-refractivity contribution in [2.75, 3.05) is 5.75 Å². The van der Waals surface area contributed by atoms with Crippen molar-refractivity contribution in [2.45, 2.75) is 32.1 Å². The van der Waals surface area contributed by atoms with E-state index in [9.17, 15) is 9.00 Å². The van der Waals surface area contributed by atoms with E-state index in [1.807, 2.05) is 20.8 Å². The van der Waals surface area contributed by atoms with Gasteiger partial charge in [-0.05, 0) is 5.92 Å². The van der Waals surface area contributed by atoms with Crippen molar-refractivity contribution in [1.82, 2.24) is 0 Å². The molecule has 78 valence electrons. The van der Waals surface area contributed by atoms with Gasteiger partial charge in [0.1, 0.15) is 0 Å². The summed E-state index contributed by atoms with van der Waals surface area (Å²) in [7, 11) is -1.07. The first-order valence-corrected chi connectivity index (χ1v) is 5.66. The van der Waals surface area contributed by atoms with Crippen LogP contribution in [0.1, 0.15) is 20.8 Å². The van der Waals surface area contributed by atoms with E-state index < -0.39 is 22.7 Å². The molecule has 0 aromatic rings. The minimum atomic E-state index is -1.07. The molecule has 5 heteroatoms. The van der Waals surface area contributed by atoms with Gasteiger partial charge in [0, 0.05) is 21.8 Å². The summed E-state index contributed by atoms with van der Waals surface area (Å²) in [5, 5.41) is 0.0467. The molecule has 0 saturated heterocycles. The lowest BCUT2D eigenvalue weighted by molar-refractivity contribution is -0.118. The van der Waals surface area contributed by atoms with Crippen LogP contribution in [0.4, 0.5) is 0 Å². The molecule has 3 unspecified atom stereocenters. The van der Waals surface area contributed by atoms with Crippen LogP contribution in [0.5, 0.6) is 0 Å². The lowest BCUT2D eigenvalue weighted by Crippen LogP contribution is -2.42. The van der Waals surface area contributed by atoms with Gasteiger partial charge in [0.15, 0.2) is 0 Å². The summed E-state index contributed by atoms with van der Waals surface area (Å²) in [6.07, 6.45) is 0. The summed E-state index contributed by atoms with van der Waals surface area (Å²) in [5.41, 5.74) is 10.3. The predicted octanol–water partition coefficient (Wildman–Crippen LogP) is -0.408. The first-order valence-electron chi connectivity index (χ1n) is 4.28. The second kappa shape index (κ2) is 5.34. The van der Waals surface area contributed by atoms with Crippen LogP contribution >= 0.6 is 0 Å². The van der Waals surface area contributed by atoms with E-state index in [-0.39, 0.29) is 11.0 Å². The minimum absolute atomic E-state index is 0.0467. The Morgan fingerprint density at radius 2 is 1.85 bits per heavy atom. The molecule has 0 bridgehead atoms. The molecule has 0 aliphatic rings. The molecule has 0 aliphatic carbocycles. The van der Waals surface area contributed by atoms with Crippen molar-refractivity contribution in [3.8, 4) is 0 Å². The molecular formula is C8H18N2O2S. The Labute approximate surface area is 81.5 Å². The molecule has 0 aromatic heterocycles. The zero-order valence-electron chi connectivity index (χ0n) is 8.32. The summed E-state index contributed by atoms with van der Waals surface area (Å²) >= 11 is 0. The third kappa shape index (κ3) is 4.38. The van der Waals surface area contributed by atoms with Gasteiger partial charge in [-0.1, -0.05) is 20.8 Å². The van der Waals surface area contributed by atoms with E-state index in [4.69, 9.17) is 11.5 Å². The van der Waals surface area contributed by atoms with E-state index in [0.717, 1.165) is 0 Å². The van der Waals surface area contributed by atoms with Crippen LogP contribution < -0.4 is 11.5 Å². The Morgan fingerprint density at radius 3 is 2.15 bits per heavy atom. The SMILES string of the molecule is CC(C)C(C)S(=O)CC(N)C(N)=O. The number of nitrogens with two attached hydrogens (primary N) is 2. The lowest BCUT2D eigenvalue weighted by atomic mass is 10.2. The Bertz CT molecular complexity index is 206. The summed E-state index contributed by atoms with van der Waals surface area (Å²) in [4.78, 5) is 10.6. The normalized spacial score (nSPS) is 18.2. The predicted molar refractivity (Wildman–Crippen MR) is 54.5 cm³/mol. The fraction of sp³-hybridized carbons (Fsp3) is 0.875. The molecule has 3 atom stereocenters. The summed E-state index contributed by atoms with van der Waals surface area (Å²) in [6, 6.07) is -0.790. The maximum absolute atomic E-state index is 11.5. The molecule has 0 radical (unpaired) electrons. The van der Waals surface area contributed by atoms with E-state index in [0.29, 0.717) is 5.92 Å². The highest BCUT2D eigenvalue weighted by atomic mass is 32.2. The Balaban J connectivity index is 4.08. The second-order valence-electron chi connectivity index (χ2n) is 3.51. The number of carbonyl (C=O) groups is 1. The van der Waals surface area contributed by atoms with Crippen molar-refractivity contribution in [1.29, 1.82) is 0 Å². The molecule has 0 spiro atoms. The van der Waals surface area contributed by atoms with Gasteiger partial charge in [-0.15, -0.1) is 0 Å². The summed E-state index contributed by atoms with van der Waals surface area (Å²) in [5.74, 6) is -0.112. The van der Waals surface area contributed by atoms with Crippen LogP contribution in [0, 0.1) is 5.92 Å². The molecule has 0 fully saturated rings. The van der Waals surface area contributed by atoms with Crippen molar-refractivity contribution in [2.24, 2.45) is 17.4 Å². The fourth-order valence-corrected chi connectivity index (χ4v) is 2.14. The van der Waals surface area contributed by atoms with Crippen molar-refractivity contribution in [3.63, 3.8) is 0 Å². The average Bonchev–Trinajstić information content (AvgIpc) is 2.02. The van der Waals surface area contributed by atoms with Crippen LogP contribution in [0.2, 0.25) is 0 Å². The third-order valence-electron chi connectivity index (χ3n) is 2.06. The minimum Gasteiger partial charge on any atom is -0.368 e. The van der Waals surface area contributed by atoms with Crippen LogP contribution in [0.3, 0.4) is 0 Å². The number of rotatable bonds is 5. The highest BCUT2D eigenvalue weighted by Crippen LogP contribution is 2.08. The molecule has 1 amide bonds. The molecular weight excluding hydrogens is 188 g/mol. The van der Waals surface area contributed by atoms with E-state index in [1.54, 1.807) is 0 Å². The second-order valence-corrected chi connectivity index (χ2v) is 5.34. The number of amides is 1. The van der Waals surface area contributed by atoms with Gasteiger partial charge in [-0.3, -0.25) is 9.00 Å². The number of carbonyl (C=O) groups excluding carboxylic acids is 1. The zero-order valence-corrected chi connectivity index (χ0v) is 9.14. The maximum atomic E-state index is 11.5. The first-order chi connectivity index (χ1) is 5.86. The molecule has 4 N–H and O–H groups in total. The fourth-order valence-electron chi connectivity index (χ4n) is 0.714. The largest absolute Gasteiger partial charge is 0.368 e. The molecule has 0 aliphatic heterocycles. The smallest absolute Gasteiger partial charge is 0.235 e. The van der Waals surface area contributed by atoms with Gasteiger partial charge in [-0.25, -0.2) is 0 Å². The summed E-state index contributed by atoms with van der Waals surface area (Å²) < 4.78 is 11.5. The molecule has 0 saturated carbocycles. The monoisotopic (exact) mass is 206 g/mol. The molecule has 0 aromatic carbocycles. The van der Waals surface area contributed by atoms with Crippen LogP contribution in [-0.2, 0) is 15.6 Å². The Morgan fingerprint density at radius 1 is 1.38 bits per heavy atom. The number of primary amides is 1. The van der Waals surface area contributed by atoms with Crippen LogP contribution in [-0.4, -0.2) is 27.2 Å². The summed E-state index contributed by atoms with van der Waals surface area (Å²) in [6.45, 7) is 5.85. The van der Waals surface area contributed by atoms with Gasteiger partial charge in [0.05, 0.1) is 6.04 Å². The average molecular weight is 206 g/mol. The number of hydrogen-bond donors (Lipinski definition) is 2. The van der Waals surface area contributed by atoms with Gasteiger partial charge in [0.25, 0.3) is 0 Å². The number of hydrogen-bond acceptors (Lipinski definition) is 3. The molecule has 4 nitrogen and oxygen atoms in total. The first kappa shape index (κ1) is 12.6. The zero-order chi connectivity index (χ0) is 10.6. The maximum Gasteiger partial charge on any atom is 0.235 e. The third-order valence-corrected chi connectivity index (χ3v) is 4.12. The standard InChI is InChI=1S/C8H18N2O2S/c1-5(2)6(3)13(12)4-7(9)8(10)11/h5-7H,4,9H2,1-3H3,(H2,10,11). The van der Waals surface area contributed by atoms with Crippen molar-refractivity contribution in [3.05, 3.63) is 0 Å². The molecule has 0 rings (SSSR count). The quantitative estimate of drug-likeness (QED) is 0.641. The molecule has 13 heavy (non-hydrogen) atoms. The Kier molecular flexibility index (Phi) is 5.17. The topological polar surface area (TPSA) is 86.2 Å². The lowest BCUT2D eigenvalue weighted by Gasteiger charge is -2.16. The van der Waals surface area contributed by atoms with Crippen molar-refractivity contribution < 1.29 is 9.00 Å². The Hall–Kier alpha value is -0.420. The van der Waals surface area contributed by atoms with E-state index in [2.05, 4.69) is 0 Å². The van der Waals surface area contributed by atoms with Gasteiger partial charge >= 0.3 is 0 Å². The van der Waals surface area contributed by atoms with Crippen molar-refractivity contribution >= 4 is 16.7 Å². The van der Waals surface area contributed by atoms with E-state index in [1.165, 1.54) is 0 Å². The highest BCUT2D eigenvalue weighted by molar-refractivity contribution is 7.85. The molecule has 0 heterocycles. The van der Waals surface area contributed by atoms with Crippen LogP contribution in [0.25, 0.3) is 0 Å². The van der Waals surface area contributed by atoms with E-state index >= 15 is 0 Å². The van der Waals surface area contributed by atoms with Gasteiger partial charge in [0.2, 0.25) is 5.91 Å². The van der Waals surface area contributed by atoms with Crippen LogP contribution in [0.15, 0.2) is 0 Å².